The van der Waals surface area contributed by atoms with Crippen molar-refractivity contribution in [3.63, 3.8) is 0 Å². The van der Waals surface area contributed by atoms with Crippen molar-refractivity contribution in [1.29, 1.82) is 0 Å². The molecule has 2 aliphatic heterocycles. The van der Waals surface area contributed by atoms with Crippen LogP contribution in [0.4, 0.5) is 0 Å². The molecule has 0 bridgehead atoms. The highest BCUT2D eigenvalue weighted by Gasteiger charge is 2.85. The summed E-state index contributed by atoms with van der Waals surface area (Å²) in [4.78, 5) is 0. The van der Waals surface area contributed by atoms with E-state index < -0.39 is 77.8 Å². The van der Waals surface area contributed by atoms with Crippen LogP contribution in [0.2, 0.25) is 0 Å². The summed E-state index contributed by atoms with van der Waals surface area (Å²) >= 11 is 0. The highest BCUT2D eigenvalue weighted by molar-refractivity contribution is 5.47. The van der Waals surface area contributed by atoms with Crippen LogP contribution in [-0.2, 0) is 14.2 Å². The molecule has 11 heteroatoms. The number of hydrogen-bond donors (Lipinski definition) is 8. The van der Waals surface area contributed by atoms with E-state index in [4.69, 9.17) is 14.2 Å². The molecule has 47 heavy (non-hydrogen) atoms. The maximum absolute atomic E-state index is 12.4. The van der Waals surface area contributed by atoms with E-state index in [1.54, 1.807) is 0 Å². The van der Waals surface area contributed by atoms with Crippen molar-refractivity contribution in [2.45, 2.75) is 160 Å². The van der Waals surface area contributed by atoms with E-state index in [2.05, 4.69) is 40.7 Å². The summed E-state index contributed by atoms with van der Waals surface area (Å²) in [5, 5.41) is 87.0. The Labute approximate surface area is 277 Å². The predicted octanol–water partition coefficient (Wildman–Crippen LogP) is 1.36. The summed E-state index contributed by atoms with van der Waals surface area (Å²) in [5.74, 6) is -2.04. The first-order valence-electron chi connectivity index (χ1n) is 17.8. The number of fused-ring (bicyclic) bond motifs is 4. The highest BCUT2D eigenvalue weighted by Crippen LogP contribution is 2.88. The number of aliphatic hydroxyl groups is 8. The van der Waals surface area contributed by atoms with Crippen LogP contribution in [0.3, 0.4) is 0 Å². The molecule has 8 N–H and O–H groups in total. The van der Waals surface area contributed by atoms with Crippen molar-refractivity contribution in [3.8, 4) is 0 Å². The van der Waals surface area contributed by atoms with E-state index >= 15 is 0 Å². The molecule has 5 aliphatic carbocycles. The lowest BCUT2D eigenvalue weighted by Gasteiger charge is -2.60. The second-order valence-corrected chi connectivity index (χ2v) is 18.2. The van der Waals surface area contributed by atoms with Gasteiger partial charge < -0.3 is 55.1 Å². The molecule has 7 rings (SSSR count). The van der Waals surface area contributed by atoms with Gasteiger partial charge in [-0.25, -0.2) is 0 Å². The van der Waals surface area contributed by atoms with Crippen LogP contribution in [0.1, 0.15) is 93.4 Å². The van der Waals surface area contributed by atoms with E-state index in [1.165, 1.54) is 19.4 Å². The Morgan fingerprint density at radius 2 is 1.72 bits per heavy atom. The monoisotopic (exact) mass is 666 g/mol. The first-order valence-corrected chi connectivity index (χ1v) is 17.8. The predicted molar refractivity (Wildman–Crippen MR) is 168 cm³/mol. The minimum absolute atomic E-state index is 0.00270. The molecule has 6 fully saturated rings. The Morgan fingerprint density at radius 3 is 2.36 bits per heavy atom. The van der Waals surface area contributed by atoms with Gasteiger partial charge in [-0.2, -0.15) is 0 Å². The lowest BCUT2D eigenvalue weighted by Crippen LogP contribution is -2.60. The summed E-state index contributed by atoms with van der Waals surface area (Å²) in [6.07, 6.45) is -1.91. The van der Waals surface area contributed by atoms with E-state index in [9.17, 15) is 40.9 Å². The zero-order chi connectivity index (χ0) is 34.5. The number of rotatable bonds is 6. The van der Waals surface area contributed by atoms with E-state index in [0.717, 1.165) is 32.1 Å². The zero-order valence-electron chi connectivity index (χ0n) is 29.0. The molecule has 7 aliphatic rings. The maximum Gasteiger partial charge on any atom is 0.196 e. The molecule has 0 radical (unpaired) electrons. The van der Waals surface area contributed by atoms with Crippen LogP contribution < -0.4 is 0 Å². The smallest absolute Gasteiger partial charge is 0.196 e. The van der Waals surface area contributed by atoms with Crippen LogP contribution >= 0.6 is 0 Å². The molecule has 2 spiro atoms. The summed E-state index contributed by atoms with van der Waals surface area (Å²) in [5.41, 5.74) is -1.87. The van der Waals surface area contributed by atoms with Gasteiger partial charge in [0.15, 0.2) is 12.1 Å². The molecule has 2 heterocycles. The molecule has 0 amide bonds. The third kappa shape index (κ3) is 4.19. The second kappa shape index (κ2) is 10.4. The van der Waals surface area contributed by atoms with Crippen molar-refractivity contribution in [3.05, 3.63) is 11.6 Å². The quantitative estimate of drug-likeness (QED) is 0.191. The van der Waals surface area contributed by atoms with Gasteiger partial charge in [0.05, 0.1) is 24.4 Å². The van der Waals surface area contributed by atoms with Crippen LogP contribution in [0.15, 0.2) is 11.6 Å². The fourth-order valence-electron chi connectivity index (χ4n) is 12.9. The van der Waals surface area contributed by atoms with Gasteiger partial charge in [-0.05, 0) is 92.3 Å². The normalized spacial score (nSPS) is 55.9. The Hall–Kier alpha value is -0.700. The Kier molecular flexibility index (Phi) is 7.71. The van der Waals surface area contributed by atoms with Crippen LogP contribution in [0.5, 0.6) is 0 Å². The molecular weight excluding hydrogens is 608 g/mol. The summed E-state index contributed by atoms with van der Waals surface area (Å²) in [6.45, 7) is 13.2. The van der Waals surface area contributed by atoms with E-state index in [0.29, 0.717) is 12.8 Å². The minimum atomic E-state index is -1.87. The van der Waals surface area contributed by atoms with Gasteiger partial charge >= 0.3 is 0 Å². The third-order valence-corrected chi connectivity index (χ3v) is 15.4. The van der Waals surface area contributed by atoms with Crippen LogP contribution in [0, 0.1) is 44.8 Å². The number of allylic oxidation sites excluding steroid dienone is 1. The molecule has 17 atom stereocenters. The van der Waals surface area contributed by atoms with E-state index in [-0.39, 0.29) is 40.1 Å². The van der Waals surface area contributed by atoms with Crippen LogP contribution in [0.25, 0.3) is 0 Å². The Bertz CT molecular complexity index is 1300. The molecule has 0 aromatic carbocycles. The second-order valence-electron chi connectivity index (χ2n) is 18.2. The van der Waals surface area contributed by atoms with Gasteiger partial charge in [-0.15, -0.1) is 0 Å². The number of ether oxygens (including phenoxy) is 3. The average Bonchev–Trinajstić information content (AvgIpc) is 3.54. The van der Waals surface area contributed by atoms with Crippen molar-refractivity contribution in [1.82, 2.24) is 0 Å². The fraction of sp³-hybridized carbons (Fsp3) is 0.944. The summed E-state index contributed by atoms with van der Waals surface area (Å²) < 4.78 is 18.5. The fourth-order valence-corrected chi connectivity index (χ4v) is 12.9. The average molecular weight is 667 g/mol. The first kappa shape index (κ1) is 34.7. The van der Waals surface area contributed by atoms with Crippen molar-refractivity contribution >= 4 is 0 Å². The lowest BCUT2D eigenvalue weighted by molar-refractivity contribution is -0.340. The van der Waals surface area contributed by atoms with Crippen molar-refractivity contribution < 1.29 is 55.1 Å². The van der Waals surface area contributed by atoms with Gasteiger partial charge in [0.25, 0.3) is 0 Å². The molecule has 0 aromatic heterocycles. The largest absolute Gasteiger partial charge is 0.394 e. The van der Waals surface area contributed by atoms with Gasteiger partial charge in [0, 0.05) is 11.3 Å². The Morgan fingerprint density at radius 1 is 1.04 bits per heavy atom. The SMILES string of the molecule is C[C@@H]1C[C@H]([C@H](O)C(C)(C)O)O[C@]2(O)[C@H]1[C@@]1(C)CC[C@@]34C[C@@]35CC[C@H](O[C@@H]3O[C@@H]([C@@H](O)CO)[C@H](O)[C@H]3O)C(C)(C)[C@H]5CC=C4[C@]1(C)[C@H]2O. The topological polar surface area (TPSA) is 190 Å². The first-order chi connectivity index (χ1) is 21.7. The number of aliphatic hydroxyl groups excluding tert-OH is 6. The van der Waals surface area contributed by atoms with E-state index in [1.807, 2.05) is 0 Å². The van der Waals surface area contributed by atoms with Gasteiger partial charge in [-0.1, -0.05) is 46.3 Å². The summed E-state index contributed by atoms with van der Waals surface area (Å²) in [7, 11) is 0. The zero-order valence-corrected chi connectivity index (χ0v) is 29.0. The van der Waals surface area contributed by atoms with Crippen LogP contribution in [-0.4, -0.2) is 114 Å². The molecule has 11 nitrogen and oxygen atoms in total. The maximum atomic E-state index is 12.4. The Balaban J connectivity index is 1.18. The molecule has 0 aromatic rings. The van der Waals surface area contributed by atoms with Gasteiger partial charge in [0.1, 0.15) is 36.6 Å². The van der Waals surface area contributed by atoms with Gasteiger partial charge in [0.2, 0.25) is 0 Å². The molecule has 2 saturated heterocycles. The highest BCUT2D eigenvalue weighted by atomic mass is 16.7. The third-order valence-electron chi connectivity index (χ3n) is 15.4. The van der Waals surface area contributed by atoms with Gasteiger partial charge in [-0.3, -0.25) is 0 Å². The van der Waals surface area contributed by atoms with Crippen molar-refractivity contribution in [2.75, 3.05) is 6.61 Å². The molecular formula is C36H58O11. The molecule has 0 unspecified atom stereocenters. The molecule has 268 valence electrons. The lowest BCUT2D eigenvalue weighted by atomic mass is 9.44. The number of hydrogen-bond acceptors (Lipinski definition) is 11. The van der Waals surface area contributed by atoms with Crippen molar-refractivity contribution in [2.24, 2.45) is 44.8 Å². The minimum Gasteiger partial charge on any atom is -0.394 e. The summed E-state index contributed by atoms with van der Waals surface area (Å²) in [6, 6.07) is 0. The standard InChI is InChI=1S/C36H58O11/c1-17-14-19(27(41)31(4,5)43)47-36(44)26(17)32(6)12-13-35-16-34(35)11-10-22(45-28-24(40)23(39)25(46-28)18(38)15-37)30(2,3)20(34)8-9-21(35)33(32,7)29(36)42/h9,17-20,22-29,37-44H,8,10-16H2,1-7H3/t17-,18+,19-,20-,22+,23-,24-,25+,26-,27+,28-,29-,32-,33-,34-,35+,36-/m1/s1. The molecule has 4 saturated carbocycles.